The highest BCUT2D eigenvalue weighted by atomic mass is 16.8. The zero-order chi connectivity index (χ0) is 16.8. The minimum absolute atomic E-state index is 0.125. The second-order valence-electron chi connectivity index (χ2n) is 6.53. The summed E-state index contributed by atoms with van der Waals surface area (Å²) < 4.78 is 5.52. The van der Waals surface area contributed by atoms with Crippen LogP contribution in [0.5, 0.6) is 0 Å². The van der Waals surface area contributed by atoms with Gasteiger partial charge in [0, 0.05) is 39.2 Å². The third-order valence-electron chi connectivity index (χ3n) is 4.70. The fourth-order valence-electron chi connectivity index (χ4n) is 3.23. The van der Waals surface area contributed by atoms with Gasteiger partial charge in [0.05, 0.1) is 0 Å². The van der Waals surface area contributed by atoms with Gasteiger partial charge in [-0.15, -0.1) is 0 Å². The summed E-state index contributed by atoms with van der Waals surface area (Å²) in [5, 5.41) is 0. The number of piperazine rings is 1. The number of likely N-dealkylation sites (N-methyl/N-ethyl adjacent to an activating group) is 1. The average molecular weight is 333 g/mol. The molecule has 1 aromatic carbocycles. The topological polar surface area (TPSA) is 54.0 Å². The summed E-state index contributed by atoms with van der Waals surface area (Å²) in [6.07, 6.45) is 2.62. The van der Waals surface area contributed by atoms with Crippen LogP contribution in [-0.4, -0.2) is 61.8 Å². The first-order valence-corrected chi connectivity index (χ1v) is 8.78. The highest BCUT2D eigenvalue weighted by Gasteiger charge is 2.30. The molecule has 6 nitrogen and oxygen atoms in total. The van der Waals surface area contributed by atoms with Gasteiger partial charge in [0.25, 0.3) is 5.91 Å². The Morgan fingerprint density at radius 2 is 1.96 bits per heavy atom. The molecule has 1 aromatic rings. The van der Waals surface area contributed by atoms with E-state index in [0.717, 1.165) is 51.0 Å². The standard InChI is InChI=1S/C18H27N3O3/c1-20-10-12-21(13-11-20)17(15-7-3-2-4-8-15)18(22)19-24-16-9-5-6-14-23-16/h2-4,7-8,16-17H,5-6,9-14H2,1H3,(H,19,22)/t16-,17+/m1/s1. The zero-order valence-corrected chi connectivity index (χ0v) is 14.3. The molecule has 2 atom stereocenters. The third kappa shape index (κ3) is 4.54. The van der Waals surface area contributed by atoms with Gasteiger partial charge in [-0.25, -0.2) is 10.3 Å². The van der Waals surface area contributed by atoms with Crippen LogP contribution >= 0.6 is 0 Å². The highest BCUT2D eigenvalue weighted by molar-refractivity contribution is 5.82. The first-order valence-electron chi connectivity index (χ1n) is 8.78. The molecular formula is C18H27N3O3. The molecule has 6 heteroatoms. The molecule has 2 aliphatic heterocycles. The van der Waals surface area contributed by atoms with Crippen LogP contribution in [0.25, 0.3) is 0 Å². The lowest BCUT2D eigenvalue weighted by Gasteiger charge is -2.37. The van der Waals surface area contributed by atoms with Crippen molar-refractivity contribution in [3.63, 3.8) is 0 Å². The van der Waals surface area contributed by atoms with E-state index < -0.39 is 0 Å². The van der Waals surface area contributed by atoms with Crippen molar-refractivity contribution in [2.45, 2.75) is 31.6 Å². The number of nitrogens with one attached hydrogen (secondary N) is 1. The molecule has 2 fully saturated rings. The molecule has 1 amide bonds. The van der Waals surface area contributed by atoms with Crippen LogP contribution in [0.4, 0.5) is 0 Å². The molecule has 1 N–H and O–H groups in total. The summed E-state index contributed by atoms with van der Waals surface area (Å²) in [4.78, 5) is 22.8. The molecule has 0 spiro atoms. The molecule has 0 unspecified atom stereocenters. The van der Waals surface area contributed by atoms with Gasteiger partial charge in [0.1, 0.15) is 6.04 Å². The molecule has 0 aliphatic carbocycles. The minimum atomic E-state index is -0.330. The maximum absolute atomic E-state index is 12.8. The molecule has 0 bridgehead atoms. The van der Waals surface area contributed by atoms with Crippen LogP contribution < -0.4 is 5.48 Å². The third-order valence-corrected chi connectivity index (χ3v) is 4.70. The Morgan fingerprint density at radius 1 is 1.21 bits per heavy atom. The number of hydrogen-bond donors (Lipinski definition) is 1. The van der Waals surface area contributed by atoms with E-state index in [2.05, 4.69) is 22.3 Å². The molecule has 3 rings (SSSR count). The molecule has 0 saturated carbocycles. The van der Waals surface area contributed by atoms with E-state index in [1.54, 1.807) is 0 Å². The fourth-order valence-corrected chi connectivity index (χ4v) is 3.23. The summed E-state index contributed by atoms with van der Waals surface area (Å²) in [5.74, 6) is -0.125. The van der Waals surface area contributed by atoms with Crippen LogP contribution in [0, 0.1) is 0 Å². The molecule has 2 heterocycles. The van der Waals surface area contributed by atoms with Crippen molar-refractivity contribution in [3.05, 3.63) is 35.9 Å². The van der Waals surface area contributed by atoms with Crippen LogP contribution in [0.15, 0.2) is 30.3 Å². The van der Waals surface area contributed by atoms with Crippen molar-refractivity contribution in [1.29, 1.82) is 0 Å². The minimum Gasteiger partial charge on any atom is -0.350 e. The summed E-state index contributed by atoms with van der Waals surface area (Å²) in [5.41, 5.74) is 3.63. The van der Waals surface area contributed by atoms with Gasteiger partial charge < -0.3 is 9.64 Å². The largest absolute Gasteiger partial charge is 0.350 e. The van der Waals surface area contributed by atoms with Crippen molar-refractivity contribution in [2.24, 2.45) is 0 Å². The molecule has 24 heavy (non-hydrogen) atoms. The van der Waals surface area contributed by atoms with Gasteiger partial charge in [0.15, 0.2) is 6.29 Å². The SMILES string of the molecule is CN1CCN([C@H](C(=O)NO[C@@H]2CCCCO2)c2ccccc2)CC1. The van der Waals surface area contributed by atoms with Crippen molar-refractivity contribution >= 4 is 5.91 Å². The monoisotopic (exact) mass is 333 g/mol. The van der Waals surface area contributed by atoms with Crippen LogP contribution in [0.3, 0.4) is 0 Å². The van der Waals surface area contributed by atoms with E-state index in [0.29, 0.717) is 6.61 Å². The van der Waals surface area contributed by atoms with E-state index >= 15 is 0 Å². The first-order chi connectivity index (χ1) is 11.7. The maximum atomic E-state index is 12.8. The average Bonchev–Trinajstić information content (AvgIpc) is 2.64. The summed E-state index contributed by atoms with van der Waals surface area (Å²) in [6.45, 7) is 4.35. The van der Waals surface area contributed by atoms with Crippen molar-refractivity contribution in [3.8, 4) is 0 Å². The van der Waals surface area contributed by atoms with E-state index in [-0.39, 0.29) is 18.2 Å². The lowest BCUT2D eigenvalue weighted by atomic mass is 10.0. The molecule has 132 valence electrons. The molecule has 2 saturated heterocycles. The van der Waals surface area contributed by atoms with E-state index in [9.17, 15) is 4.79 Å². The molecule has 0 radical (unpaired) electrons. The molecule has 2 aliphatic rings. The summed E-state index contributed by atoms with van der Waals surface area (Å²) in [6, 6.07) is 9.57. The van der Waals surface area contributed by atoms with Gasteiger partial charge in [-0.1, -0.05) is 30.3 Å². The van der Waals surface area contributed by atoms with Crippen molar-refractivity contribution < 1.29 is 14.4 Å². The Bertz CT molecular complexity index is 512. The van der Waals surface area contributed by atoms with Gasteiger partial charge in [-0.3, -0.25) is 9.69 Å². The number of benzene rings is 1. The molecule has 0 aromatic heterocycles. The number of ether oxygens (including phenoxy) is 1. The smallest absolute Gasteiger partial charge is 0.265 e. The lowest BCUT2D eigenvalue weighted by Crippen LogP contribution is -2.50. The number of carbonyl (C=O) groups is 1. The number of hydrogen-bond acceptors (Lipinski definition) is 5. The van der Waals surface area contributed by atoms with Gasteiger partial charge in [-0.2, -0.15) is 0 Å². The second kappa shape index (κ2) is 8.58. The first kappa shape index (κ1) is 17.4. The number of hydroxylamine groups is 1. The Hall–Kier alpha value is -1.47. The van der Waals surface area contributed by atoms with E-state index in [4.69, 9.17) is 9.57 Å². The predicted octanol–water partition coefficient (Wildman–Crippen LogP) is 1.55. The van der Waals surface area contributed by atoms with E-state index in [1.165, 1.54) is 0 Å². The molecular weight excluding hydrogens is 306 g/mol. The van der Waals surface area contributed by atoms with Crippen LogP contribution in [0.2, 0.25) is 0 Å². The number of amides is 1. The Labute approximate surface area is 143 Å². The van der Waals surface area contributed by atoms with Crippen molar-refractivity contribution in [2.75, 3.05) is 39.8 Å². The Kier molecular flexibility index (Phi) is 6.20. The maximum Gasteiger partial charge on any atom is 0.265 e. The van der Waals surface area contributed by atoms with Gasteiger partial charge >= 0.3 is 0 Å². The number of nitrogens with zero attached hydrogens (tertiary/aromatic N) is 2. The number of rotatable bonds is 5. The summed E-state index contributed by atoms with van der Waals surface area (Å²) in [7, 11) is 2.11. The Balaban J connectivity index is 1.65. The highest BCUT2D eigenvalue weighted by Crippen LogP contribution is 2.23. The van der Waals surface area contributed by atoms with Crippen LogP contribution in [-0.2, 0) is 14.4 Å². The summed E-state index contributed by atoms with van der Waals surface area (Å²) >= 11 is 0. The zero-order valence-electron chi connectivity index (χ0n) is 14.3. The van der Waals surface area contributed by atoms with E-state index in [1.807, 2.05) is 30.3 Å². The fraction of sp³-hybridized carbons (Fsp3) is 0.611. The van der Waals surface area contributed by atoms with Crippen LogP contribution in [0.1, 0.15) is 30.9 Å². The lowest BCUT2D eigenvalue weighted by molar-refractivity contribution is -0.202. The predicted molar refractivity (Wildman–Crippen MR) is 91.1 cm³/mol. The normalized spacial score (nSPS) is 24.5. The van der Waals surface area contributed by atoms with Gasteiger partial charge in [-0.05, 0) is 25.5 Å². The quantitative estimate of drug-likeness (QED) is 0.829. The second-order valence-corrected chi connectivity index (χ2v) is 6.53. The Morgan fingerprint density at radius 3 is 2.62 bits per heavy atom. The number of carbonyl (C=O) groups excluding carboxylic acids is 1. The van der Waals surface area contributed by atoms with Crippen molar-refractivity contribution in [1.82, 2.24) is 15.3 Å². The van der Waals surface area contributed by atoms with Gasteiger partial charge in [0.2, 0.25) is 0 Å².